The molecule has 0 bridgehead atoms. The van der Waals surface area contributed by atoms with Crippen molar-refractivity contribution in [3.63, 3.8) is 0 Å². The highest BCUT2D eigenvalue weighted by atomic mass is 31.2. The highest BCUT2D eigenvalue weighted by Crippen LogP contribution is 2.48. The molecule has 0 unspecified atom stereocenters. The van der Waals surface area contributed by atoms with E-state index < -0.39 is 31.0 Å². The van der Waals surface area contributed by atoms with E-state index in [4.69, 9.17) is 14.0 Å². The average molecular weight is 490 g/mol. The number of alkyl carbamates (subject to hydrolysis) is 1. The maximum absolute atomic E-state index is 13.4. The van der Waals surface area contributed by atoms with E-state index in [1.807, 2.05) is 60.7 Å². The van der Waals surface area contributed by atoms with Crippen LogP contribution in [0.25, 0.3) is 0 Å². The largest absolute Gasteiger partial charge is 0.460 e. The molecule has 2 rings (SSSR count). The van der Waals surface area contributed by atoms with Gasteiger partial charge in [0, 0.05) is 26.0 Å². The van der Waals surface area contributed by atoms with Gasteiger partial charge in [0.05, 0.1) is 5.92 Å². The van der Waals surface area contributed by atoms with Crippen molar-refractivity contribution >= 4 is 19.4 Å². The summed E-state index contributed by atoms with van der Waals surface area (Å²) >= 11 is 0. The molecule has 8 heteroatoms. The first-order valence-electron chi connectivity index (χ1n) is 11.5. The Balaban J connectivity index is 1.93. The molecule has 1 N–H and O–H groups in total. The molecule has 34 heavy (non-hydrogen) atoms. The number of ether oxygens (including phenoxy) is 2. The van der Waals surface area contributed by atoms with Crippen molar-refractivity contribution < 1.29 is 28.2 Å². The Labute approximate surface area is 202 Å². The zero-order valence-corrected chi connectivity index (χ0v) is 21.4. The molecule has 2 aromatic carbocycles. The van der Waals surface area contributed by atoms with Gasteiger partial charge in [-0.1, -0.05) is 60.7 Å². The molecular formula is C26H36NO6P. The van der Waals surface area contributed by atoms with Crippen molar-refractivity contribution in [1.29, 1.82) is 0 Å². The zero-order chi connectivity index (χ0) is 25.0. The van der Waals surface area contributed by atoms with Gasteiger partial charge in [-0.2, -0.15) is 0 Å². The number of aryl methyl sites for hydroxylation is 1. The fourth-order valence-corrected chi connectivity index (χ4v) is 5.32. The third kappa shape index (κ3) is 10.5. The quantitative estimate of drug-likeness (QED) is 0.316. The van der Waals surface area contributed by atoms with Crippen molar-refractivity contribution in [2.45, 2.75) is 45.8 Å². The molecule has 186 valence electrons. The summed E-state index contributed by atoms with van der Waals surface area (Å²) in [6.07, 6.45) is 0.678. The number of hydrogen-bond donors (Lipinski definition) is 1. The average Bonchev–Trinajstić information content (AvgIpc) is 2.80. The van der Waals surface area contributed by atoms with Crippen LogP contribution in [0.5, 0.6) is 0 Å². The normalized spacial score (nSPS) is 14.0. The Bertz CT molecular complexity index is 943. The summed E-state index contributed by atoms with van der Waals surface area (Å²) in [5.74, 6) is -0.980. The van der Waals surface area contributed by atoms with E-state index >= 15 is 0 Å². The number of carbonyl (C=O) groups is 2. The summed E-state index contributed by atoms with van der Waals surface area (Å²) in [6.45, 7) is 5.67. The summed E-state index contributed by atoms with van der Waals surface area (Å²) < 4.78 is 29.6. The van der Waals surface area contributed by atoms with E-state index in [9.17, 15) is 14.2 Å². The maximum atomic E-state index is 13.4. The van der Waals surface area contributed by atoms with Gasteiger partial charge in [0.15, 0.2) is 0 Å². The molecule has 0 aliphatic heterocycles. The molecular weight excluding hydrogens is 453 g/mol. The van der Waals surface area contributed by atoms with E-state index in [1.165, 1.54) is 7.11 Å². The van der Waals surface area contributed by atoms with Crippen molar-refractivity contribution in [3.8, 4) is 0 Å². The number of amides is 1. The predicted molar refractivity (Wildman–Crippen MR) is 133 cm³/mol. The smallest absolute Gasteiger partial charge is 0.407 e. The number of esters is 1. The first kappa shape index (κ1) is 27.6. The molecule has 1 amide bonds. The molecule has 0 aliphatic rings. The molecule has 0 aliphatic carbocycles. The summed E-state index contributed by atoms with van der Waals surface area (Å²) in [6, 6.07) is 19.1. The van der Waals surface area contributed by atoms with Crippen molar-refractivity contribution in [3.05, 3.63) is 71.8 Å². The third-order valence-electron chi connectivity index (χ3n) is 5.13. The molecule has 0 radical (unpaired) electrons. The predicted octanol–water partition coefficient (Wildman–Crippen LogP) is 5.43. The zero-order valence-electron chi connectivity index (χ0n) is 20.5. The lowest BCUT2D eigenvalue weighted by Crippen LogP contribution is -2.32. The van der Waals surface area contributed by atoms with Crippen LogP contribution in [0, 0.1) is 5.92 Å². The van der Waals surface area contributed by atoms with E-state index in [1.54, 1.807) is 20.8 Å². The Kier molecular flexibility index (Phi) is 10.8. The van der Waals surface area contributed by atoms with Crippen LogP contribution < -0.4 is 5.32 Å². The Hall–Kier alpha value is -2.63. The summed E-state index contributed by atoms with van der Waals surface area (Å²) in [5.41, 5.74) is 1.31. The van der Waals surface area contributed by atoms with Crippen LogP contribution in [0.2, 0.25) is 0 Å². The van der Waals surface area contributed by atoms with Crippen LogP contribution in [0.3, 0.4) is 0 Å². The number of hydrogen-bond acceptors (Lipinski definition) is 6. The van der Waals surface area contributed by atoms with Crippen LogP contribution in [0.4, 0.5) is 4.79 Å². The van der Waals surface area contributed by atoms with Gasteiger partial charge in [-0.05, 0) is 44.7 Å². The standard InChI is InChI=1S/C26H36NO6P/c1-26(2,3)33-24(28)23(16-15-21-11-7-5-8-12-21)20-34(30,31-4)18-17-27-25(29)32-19-22-13-9-6-10-14-22/h5-14,23H,15-20H2,1-4H3,(H,27,29)/t23-,34+/m0/s1. The molecule has 0 saturated heterocycles. The van der Waals surface area contributed by atoms with E-state index in [-0.39, 0.29) is 25.5 Å². The topological polar surface area (TPSA) is 90.9 Å². The Morgan fingerprint density at radius 1 is 0.971 bits per heavy atom. The second-order valence-corrected chi connectivity index (χ2v) is 12.0. The number of rotatable bonds is 12. The van der Waals surface area contributed by atoms with Gasteiger partial charge < -0.3 is 19.3 Å². The molecule has 0 spiro atoms. The lowest BCUT2D eigenvalue weighted by molar-refractivity contribution is -0.159. The van der Waals surface area contributed by atoms with Crippen LogP contribution in [-0.4, -0.2) is 43.6 Å². The van der Waals surface area contributed by atoms with Crippen molar-refractivity contribution in [2.24, 2.45) is 5.92 Å². The monoisotopic (exact) mass is 489 g/mol. The minimum absolute atomic E-state index is 0.0476. The van der Waals surface area contributed by atoms with Gasteiger partial charge in [-0.25, -0.2) is 4.79 Å². The van der Waals surface area contributed by atoms with Crippen molar-refractivity contribution in [2.75, 3.05) is 26.0 Å². The number of carbonyl (C=O) groups excluding carboxylic acids is 2. The van der Waals surface area contributed by atoms with Crippen LogP contribution >= 0.6 is 7.37 Å². The Morgan fingerprint density at radius 3 is 2.12 bits per heavy atom. The van der Waals surface area contributed by atoms with E-state index in [2.05, 4.69) is 5.32 Å². The van der Waals surface area contributed by atoms with Gasteiger partial charge in [-0.3, -0.25) is 9.36 Å². The minimum Gasteiger partial charge on any atom is -0.460 e. The molecule has 0 fully saturated rings. The van der Waals surface area contributed by atoms with Crippen LogP contribution in [0.1, 0.15) is 38.3 Å². The lowest BCUT2D eigenvalue weighted by Gasteiger charge is -2.26. The van der Waals surface area contributed by atoms with Gasteiger partial charge in [-0.15, -0.1) is 0 Å². The lowest BCUT2D eigenvalue weighted by atomic mass is 10.0. The first-order valence-corrected chi connectivity index (χ1v) is 13.4. The van der Waals surface area contributed by atoms with Gasteiger partial charge in [0.2, 0.25) is 7.37 Å². The van der Waals surface area contributed by atoms with Gasteiger partial charge in [0.25, 0.3) is 0 Å². The fourth-order valence-electron chi connectivity index (χ4n) is 3.35. The molecule has 2 aromatic rings. The highest BCUT2D eigenvalue weighted by Gasteiger charge is 2.33. The number of nitrogens with one attached hydrogen (secondary N) is 1. The van der Waals surface area contributed by atoms with Crippen LogP contribution in [-0.2, 0) is 36.4 Å². The summed E-state index contributed by atoms with van der Waals surface area (Å²) in [4.78, 5) is 24.9. The summed E-state index contributed by atoms with van der Waals surface area (Å²) in [5, 5.41) is 2.61. The molecule has 0 aromatic heterocycles. The second-order valence-electron chi connectivity index (χ2n) is 9.15. The maximum Gasteiger partial charge on any atom is 0.407 e. The number of benzene rings is 2. The highest BCUT2D eigenvalue weighted by molar-refractivity contribution is 7.59. The SMILES string of the molecule is CO[P@](=O)(CCNC(=O)OCc1ccccc1)C[C@H](CCc1ccccc1)C(=O)OC(C)(C)C. The Morgan fingerprint density at radius 2 is 1.56 bits per heavy atom. The van der Waals surface area contributed by atoms with Gasteiger partial charge in [0.1, 0.15) is 12.2 Å². The second kappa shape index (κ2) is 13.3. The fraction of sp³-hybridized carbons (Fsp3) is 0.462. The molecule has 2 atom stereocenters. The van der Waals surface area contributed by atoms with Crippen LogP contribution in [0.15, 0.2) is 60.7 Å². The first-order chi connectivity index (χ1) is 16.1. The minimum atomic E-state index is -3.20. The van der Waals surface area contributed by atoms with E-state index in [0.29, 0.717) is 12.8 Å². The molecule has 7 nitrogen and oxygen atoms in total. The van der Waals surface area contributed by atoms with Crippen molar-refractivity contribution in [1.82, 2.24) is 5.32 Å². The van der Waals surface area contributed by atoms with E-state index in [0.717, 1.165) is 11.1 Å². The molecule has 0 saturated carbocycles. The van der Waals surface area contributed by atoms with Gasteiger partial charge >= 0.3 is 12.1 Å². The molecule has 0 heterocycles. The third-order valence-corrected chi connectivity index (χ3v) is 7.70. The summed E-state index contributed by atoms with van der Waals surface area (Å²) in [7, 11) is -1.83.